The number of imidazole rings is 1. The lowest BCUT2D eigenvalue weighted by atomic mass is 9.98. The topological polar surface area (TPSA) is 98.7 Å². The molecule has 9 heteroatoms. The lowest BCUT2D eigenvalue weighted by Crippen LogP contribution is -2.34. The highest BCUT2D eigenvalue weighted by atomic mass is 35.5. The van der Waals surface area contributed by atoms with Crippen molar-refractivity contribution in [3.05, 3.63) is 11.1 Å². The number of aliphatic hydroxyl groups is 1. The van der Waals surface area contributed by atoms with Gasteiger partial charge in [0.15, 0.2) is 11.8 Å². The van der Waals surface area contributed by atoms with Crippen LogP contribution in [0.4, 0.5) is 0 Å². The predicted molar refractivity (Wildman–Crippen MR) is 96.3 cm³/mol. The largest absolute Gasteiger partial charge is 0.473 e. The average molecular weight is 396 g/mol. The Kier molecular flexibility index (Phi) is 4.59. The van der Waals surface area contributed by atoms with E-state index in [1.807, 2.05) is 0 Å². The monoisotopic (exact) mass is 395 g/mol. The molecule has 2 N–H and O–H groups in total. The molecular weight excluding hydrogens is 374 g/mol. The first-order chi connectivity index (χ1) is 13.2. The first-order valence-electron chi connectivity index (χ1n) is 9.48. The van der Waals surface area contributed by atoms with E-state index in [9.17, 15) is 5.11 Å². The average Bonchev–Trinajstić information content (AvgIpc) is 3.34. The maximum atomic E-state index is 9.83. The van der Waals surface area contributed by atoms with Gasteiger partial charge in [-0.05, 0) is 31.7 Å². The van der Waals surface area contributed by atoms with Crippen LogP contribution >= 0.6 is 11.6 Å². The number of aromatic nitrogens is 3. The summed E-state index contributed by atoms with van der Waals surface area (Å²) in [5, 5.41) is 10.3. The van der Waals surface area contributed by atoms with Crippen molar-refractivity contribution in [2.75, 3.05) is 13.2 Å². The van der Waals surface area contributed by atoms with Crippen molar-refractivity contribution >= 4 is 22.8 Å². The first kappa shape index (κ1) is 17.5. The number of nitrogens with one attached hydrogen (secondary N) is 1. The van der Waals surface area contributed by atoms with Crippen LogP contribution in [0.15, 0.2) is 6.07 Å². The van der Waals surface area contributed by atoms with Gasteiger partial charge in [-0.1, -0.05) is 18.0 Å². The summed E-state index contributed by atoms with van der Waals surface area (Å²) in [6, 6.07) is 2.08. The fourth-order valence-corrected chi connectivity index (χ4v) is 4.24. The van der Waals surface area contributed by atoms with Crippen molar-refractivity contribution in [1.29, 1.82) is 0 Å². The van der Waals surface area contributed by atoms with E-state index in [1.54, 1.807) is 6.07 Å². The highest BCUT2D eigenvalue weighted by Gasteiger charge is 2.48. The summed E-state index contributed by atoms with van der Waals surface area (Å²) in [6.07, 6.45) is 4.24. The number of halogens is 1. The van der Waals surface area contributed by atoms with Crippen LogP contribution in [0.5, 0.6) is 11.9 Å². The number of nitrogens with zero attached hydrogens (tertiary/aromatic N) is 2. The number of rotatable bonds is 4. The summed E-state index contributed by atoms with van der Waals surface area (Å²) in [7, 11) is 0. The quantitative estimate of drug-likeness (QED) is 0.818. The molecule has 0 bridgehead atoms. The number of pyridine rings is 1. The van der Waals surface area contributed by atoms with Gasteiger partial charge in [0.05, 0.1) is 18.7 Å². The predicted octanol–water partition coefficient (Wildman–Crippen LogP) is 2.23. The maximum absolute atomic E-state index is 9.83. The third kappa shape index (κ3) is 3.35. The smallest absolute Gasteiger partial charge is 0.296 e. The first-order valence-corrected chi connectivity index (χ1v) is 9.86. The minimum absolute atomic E-state index is 0.161. The van der Waals surface area contributed by atoms with Crippen molar-refractivity contribution in [3.8, 4) is 11.9 Å². The standard InChI is InChI=1S/C18H22ClN3O5/c19-10-6-11-16(21-17(10)26-9-4-2-1-3-5-9)22-18(20-11)27-13-8-25-14-12(23)7-24-15(13)14/h6,9,12-15,23H,1-5,7-8H2,(H,20,21,22)/t12-,13-,14-,15-/m1/s1. The van der Waals surface area contributed by atoms with Crippen LogP contribution < -0.4 is 9.47 Å². The number of fused-ring (bicyclic) bond motifs is 2. The van der Waals surface area contributed by atoms with Gasteiger partial charge in [-0.25, -0.2) is 0 Å². The van der Waals surface area contributed by atoms with E-state index in [-0.39, 0.29) is 31.0 Å². The van der Waals surface area contributed by atoms with Crippen molar-refractivity contribution in [1.82, 2.24) is 15.0 Å². The zero-order valence-electron chi connectivity index (χ0n) is 14.8. The Morgan fingerprint density at radius 3 is 2.74 bits per heavy atom. The third-order valence-corrected chi connectivity index (χ3v) is 5.72. The molecule has 8 nitrogen and oxygen atoms in total. The minimum Gasteiger partial charge on any atom is -0.473 e. The Balaban J connectivity index is 1.33. The maximum Gasteiger partial charge on any atom is 0.296 e. The molecule has 4 atom stereocenters. The fourth-order valence-electron chi connectivity index (χ4n) is 4.05. The summed E-state index contributed by atoms with van der Waals surface area (Å²) in [5.41, 5.74) is 1.16. The molecule has 0 radical (unpaired) electrons. The molecule has 2 aromatic heterocycles. The van der Waals surface area contributed by atoms with Gasteiger partial charge in [-0.2, -0.15) is 9.97 Å². The molecule has 3 aliphatic rings. The summed E-state index contributed by atoms with van der Waals surface area (Å²) >= 11 is 6.35. The summed E-state index contributed by atoms with van der Waals surface area (Å²) in [4.78, 5) is 11.9. The molecule has 146 valence electrons. The number of H-pyrrole nitrogens is 1. The van der Waals surface area contributed by atoms with Crippen LogP contribution in [0, 0.1) is 0 Å². The molecule has 27 heavy (non-hydrogen) atoms. The molecule has 5 rings (SSSR count). The zero-order chi connectivity index (χ0) is 18.4. The molecule has 1 saturated carbocycles. The van der Waals surface area contributed by atoms with Gasteiger partial charge in [-0.15, -0.1) is 0 Å². The van der Waals surface area contributed by atoms with Crippen molar-refractivity contribution < 1.29 is 24.1 Å². The lowest BCUT2D eigenvalue weighted by Gasteiger charge is -2.22. The van der Waals surface area contributed by atoms with Crippen LogP contribution in [0.2, 0.25) is 5.02 Å². The second-order valence-electron chi connectivity index (χ2n) is 7.39. The van der Waals surface area contributed by atoms with E-state index < -0.39 is 6.10 Å². The molecule has 0 amide bonds. The summed E-state index contributed by atoms with van der Waals surface area (Å²) in [6.45, 7) is 0.599. The SMILES string of the molecule is O[C@@H]1CO[C@H]2[C@@H]1OC[C@H]2Oc1nc2nc(OC3CCCCC3)c(Cl)cc2[nH]1. The Morgan fingerprint density at radius 1 is 1.07 bits per heavy atom. The van der Waals surface area contributed by atoms with Crippen LogP contribution in [0.25, 0.3) is 11.2 Å². The van der Waals surface area contributed by atoms with Crippen molar-refractivity contribution in [2.24, 2.45) is 0 Å². The van der Waals surface area contributed by atoms with E-state index in [4.69, 9.17) is 30.5 Å². The molecule has 3 fully saturated rings. The molecule has 2 aliphatic heterocycles. The minimum atomic E-state index is -0.612. The fraction of sp³-hybridized carbons (Fsp3) is 0.667. The normalized spacial score (nSPS) is 31.3. The molecule has 0 spiro atoms. The van der Waals surface area contributed by atoms with E-state index in [1.165, 1.54) is 19.3 Å². The van der Waals surface area contributed by atoms with E-state index >= 15 is 0 Å². The molecular formula is C18H22ClN3O5. The van der Waals surface area contributed by atoms with Crippen molar-refractivity contribution in [2.45, 2.75) is 62.6 Å². The van der Waals surface area contributed by atoms with Crippen LogP contribution in [0.1, 0.15) is 32.1 Å². The van der Waals surface area contributed by atoms with Crippen molar-refractivity contribution in [3.63, 3.8) is 0 Å². The second-order valence-corrected chi connectivity index (χ2v) is 7.79. The van der Waals surface area contributed by atoms with Crippen LogP contribution in [-0.4, -0.2) is 63.8 Å². The molecule has 1 aliphatic carbocycles. The van der Waals surface area contributed by atoms with Crippen LogP contribution in [0.3, 0.4) is 0 Å². The Bertz CT molecular complexity index is 825. The Morgan fingerprint density at radius 2 is 1.89 bits per heavy atom. The highest BCUT2D eigenvalue weighted by molar-refractivity contribution is 6.32. The Labute approximate surface area is 161 Å². The van der Waals surface area contributed by atoms with Crippen LogP contribution in [-0.2, 0) is 9.47 Å². The number of hydrogen-bond donors (Lipinski definition) is 2. The van der Waals surface area contributed by atoms with E-state index in [0.717, 1.165) is 12.8 Å². The zero-order valence-corrected chi connectivity index (χ0v) is 15.5. The lowest BCUT2D eigenvalue weighted by molar-refractivity contribution is 0.00706. The summed E-state index contributed by atoms with van der Waals surface area (Å²) in [5.74, 6) is 0.417. The van der Waals surface area contributed by atoms with Gasteiger partial charge in [0, 0.05) is 0 Å². The van der Waals surface area contributed by atoms with Gasteiger partial charge in [0.1, 0.15) is 29.4 Å². The molecule has 0 unspecified atom stereocenters. The molecule has 4 heterocycles. The number of ether oxygens (including phenoxy) is 4. The molecule has 2 aromatic rings. The highest BCUT2D eigenvalue weighted by Crippen LogP contribution is 2.32. The van der Waals surface area contributed by atoms with Gasteiger partial charge in [0.2, 0.25) is 5.88 Å². The van der Waals surface area contributed by atoms with Gasteiger partial charge in [-0.3, -0.25) is 0 Å². The van der Waals surface area contributed by atoms with Gasteiger partial charge >= 0.3 is 0 Å². The molecule has 2 saturated heterocycles. The third-order valence-electron chi connectivity index (χ3n) is 5.45. The summed E-state index contributed by atoms with van der Waals surface area (Å²) < 4.78 is 23.0. The van der Waals surface area contributed by atoms with Gasteiger partial charge in [0.25, 0.3) is 6.01 Å². The molecule has 0 aromatic carbocycles. The number of aromatic amines is 1. The van der Waals surface area contributed by atoms with E-state index in [0.29, 0.717) is 34.7 Å². The van der Waals surface area contributed by atoms with Gasteiger partial charge < -0.3 is 29.0 Å². The number of aliphatic hydroxyl groups excluding tert-OH is 1. The van der Waals surface area contributed by atoms with E-state index in [2.05, 4.69) is 15.0 Å². The second kappa shape index (κ2) is 7.09. The number of hydrogen-bond acceptors (Lipinski definition) is 7. The Hall–Kier alpha value is -1.61.